The molecule has 4 heterocycles. The summed E-state index contributed by atoms with van der Waals surface area (Å²) in [6.07, 6.45) is 5.06. The van der Waals surface area contributed by atoms with Crippen LogP contribution in [-0.2, 0) is 17.6 Å². The van der Waals surface area contributed by atoms with E-state index in [0.29, 0.717) is 30.7 Å². The average Bonchev–Trinajstić information content (AvgIpc) is 3.36. The summed E-state index contributed by atoms with van der Waals surface area (Å²) in [5.41, 5.74) is 2.23. The van der Waals surface area contributed by atoms with Gasteiger partial charge in [0.25, 0.3) is 0 Å². The van der Waals surface area contributed by atoms with E-state index >= 15 is 0 Å². The molecule has 5 rings (SSSR count). The van der Waals surface area contributed by atoms with E-state index in [-0.39, 0.29) is 0 Å². The van der Waals surface area contributed by atoms with Gasteiger partial charge in [-0.05, 0) is 37.0 Å². The SMILES string of the molecule is COCCNc1nc2sc3c(c2c2nc(-c4ccco4)nn12)CCC3. The summed E-state index contributed by atoms with van der Waals surface area (Å²) in [6, 6.07) is 3.71. The fourth-order valence-electron chi connectivity index (χ4n) is 3.35. The van der Waals surface area contributed by atoms with Crippen molar-refractivity contribution in [3.8, 4) is 11.6 Å². The second-order valence-electron chi connectivity index (χ2n) is 6.04. The van der Waals surface area contributed by atoms with Crippen LogP contribution in [0.15, 0.2) is 22.8 Å². The Morgan fingerprint density at radius 2 is 2.32 bits per heavy atom. The van der Waals surface area contributed by atoms with E-state index in [2.05, 4.69) is 10.4 Å². The maximum absolute atomic E-state index is 5.48. The van der Waals surface area contributed by atoms with Gasteiger partial charge < -0.3 is 14.5 Å². The van der Waals surface area contributed by atoms with Gasteiger partial charge in [0, 0.05) is 18.5 Å². The number of methoxy groups -OCH3 is 1. The minimum absolute atomic E-state index is 0.576. The molecule has 4 aromatic heterocycles. The van der Waals surface area contributed by atoms with E-state index in [9.17, 15) is 0 Å². The molecule has 7 nitrogen and oxygen atoms in total. The molecule has 128 valence electrons. The van der Waals surface area contributed by atoms with Gasteiger partial charge in [-0.15, -0.1) is 16.4 Å². The topological polar surface area (TPSA) is 77.5 Å². The Labute approximate surface area is 147 Å². The molecule has 25 heavy (non-hydrogen) atoms. The molecule has 0 unspecified atom stereocenters. The molecule has 1 N–H and O–H groups in total. The van der Waals surface area contributed by atoms with Gasteiger partial charge in [0.2, 0.25) is 11.8 Å². The third-order valence-electron chi connectivity index (χ3n) is 4.47. The average molecular weight is 355 g/mol. The zero-order valence-corrected chi connectivity index (χ0v) is 14.6. The van der Waals surface area contributed by atoms with Crippen LogP contribution in [0.5, 0.6) is 0 Å². The Bertz CT molecular complexity index is 1050. The van der Waals surface area contributed by atoms with Crippen molar-refractivity contribution in [2.45, 2.75) is 19.3 Å². The van der Waals surface area contributed by atoms with Crippen LogP contribution in [0.1, 0.15) is 16.9 Å². The normalized spacial score (nSPS) is 13.8. The third-order valence-corrected chi connectivity index (χ3v) is 5.66. The Morgan fingerprint density at radius 1 is 1.36 bits per heavy atom. The molecule has 0 aromatic carbocycles. The fourth-order valence-corrected chi connectivity index (χ4v) is 4.61. The molecular weight excluding hydrogens is 338 g/mol. The van der Waals surface area contributed by atoms with Crippen molar-refractivity contribution in [2.75, 3.05) is 25.6 Å². The lowest BCUT2D eigenvalue weighted by Gasteiger charge is -2.07. The number of hydrogen-bond acceptors (Lipinski definition) is 7. The van der Waals surface area contributed by atoms with Gasteiger partial charge in [0.1, 0.15) is 4.83 Å². The van der Waals surface area contributed by atoms with Gasteiger partial charge in [0.05, 0.1) is 18.3 Å². The number of nitrogens with zero attached hydrogens (tertiary/aromatic N) is 4. The van der Waals surface area contributed by atoms with Gasteiger partial charge in [-0.1, -0.05) is 0 Å². The van der Waals surface area contributed by atoms with Crippen LogP contribution in [0.25, 0.3) is 27.4 Å². The minimum atomic E-state index is 0.576. The van der Waals surface area contributed by atoms with Gasteiger partial charge in [0.15, 0.2) is 11.4 Å². The molecular formula is C17H17N5O2S. The fraction of sp³-hybridized carbons (Fsp3) is 0.353. The summed E-state index contributed by atoms with van der Waals surface area (Å²) in [4.78, 5) is 12.0. The van der Waals surface area contributed by atoms with Gasteiger partial charge in [-0.3, -0.25) is 0 Å². The van der Waals surface area contributed by atoms with Crippen LogP contribution in [0, 0.1) is 0 Å². The second kappa shape index (κ2) is 5.82. The molecule has 0 amide bonds. The highest BCUT2D eigenvalue weighted by Crippen LogP contribution is 2.39. The number of rotatable bonds is 5. The summed E-state index contributed by atoms with van der Waals surface area (Å²) in [5, 5.41) is 9.08. The standard InChI is InChI=1S/C17H17N5O2S/c1-23-9-7-18-17-20-16-13(10-4-2-6-12(10)25-16)15-19-14(21-22(15)17)11-5-3-8-24-11/h3,5,8H,2,4,6-7,9H2,1H3,(H,18,20). The molecule has 0 spiro atoms. The van der Waals surface area contributed by atoms with E-state index in [1.165, 1.54) is 16.9 Å². The molecule has 4 aromatic rings. The largest absolute Gasteiger partial charge is 0.461 e. The maximum atomic E-state index is 5.48. The molecule has 0 bridgehead atoms. The molecule has 1 aliphatic carbocycles. The van der Waals surface area contributed by atoms with Crippen LogP contribution in [0.2, 0.25) is 0 Å². The molecule has 0 aliphatic heterocycles. The van der Waals surface area contributed by atoms with E-state index < -0.39 is 0 Å². The summed E-state index contributed by atoms with van der Waals surface area (Å²) in [6.45, 7) is 1.26. The first-order chi connectivity index (χ1) is 12.3. The first-order valence-corrected chi connectivity index (χ1v) is 9.14. The predicted octanol–water partition coefficient (Wildman–Crippen LogP) is 3.15. The van der Waals surface area contributed by atoms with E-state index in [0.717, 1.165) is 28.7 Å². The Hall–Kier alpha value is -2.45. The number of aromatic nitrogens is 4. The highest BCUT2D eigenvalue weighted by atomic mass is 32.1. The van der Waals surface area contributed by atoms with Crippen molar-refractivity contribution in [1.82, 2.24) is 19.6 Å². The summed E-state index contributed by atoms with van der Waals surface area (Å²) < 4.78 is 12.4. The summed E-state index contributed by atoms with van der Waals surface area (Å²) in [5.74, 6) is 1.92. The van der Waals surface area contributed by atoms with Crippen LogP contribution >= 0.6 is 11.3 Å². The van der Waals surface area contributed by atoms with Crippen molar-refractivity contribution in [2.24, 2.45) is 0 Å². The lowest BCUT2D eigenvalue weighted by molar-refractivity contribution is 0.210. The van der Waals surface area contributed by atoms with Crippen molar-refractivity contribution >= 4 is 33.1 Å². The van der Waals surface area contributed by atoms with Crippen molar-refractivity contribution in [3.05, 3.63) is 28.8 Å². The molecule has 0 saturated heterocycles. The number of aryl methyl sites for hydroxylation is 2. The van der Waals surface area contributed by atoms with Crippen LogP contribution in [0.4, 0.5) is 5.95 Å². The molecule has 0 fully saturated rings. The number of fused-ring (bicyclic) bond motifs is 5. The smallest absolute Gasteiger partial charge is 0.227 e. The first-order valence-electron chi connectivity index (χ1n) is 8.33. The number of anilines is 1. The van der Waals surface area contributed by atoms with Crippen LogP contribution in [0.3, 0.4) is 0 Å². The Kier molecular flexibility index (Phi) is 3.46. The predicted molar refractivity (Wildman–Crippen MR) is 96.3 cm³/mol. The molecule has 0 atom stereocenters. The molecule has 1 aliphatic rings. The van der Waals surface area contributed by atoms with Crippen LogP contribution < -0.4 is 5.32 Å². The second-order valence-corrected chi connectivity index (χ2v) is 7.12. The monoisotopic (exact) mass is 355 g/mol. The van der Waals surface area contributed by atoms with E-state index in [1.54, 1.807) is 29.2 Å². The summed E-state index contributed by atoms with van der Waals surface area (Å²) >= 11 is 1.77. The quantitative estimate of drug-likeness (QED) is 0.554. The zero-order chi connectivity index (χ0) is 16.8. The molecule has 8 heteroatoms. The lowest BCUT2D eigenvalue weighted by Crippen LogP contribution is -2.12. The van der Waals surface area contributed by atoms with E-state index in [1.807, 2.05) is 12.1 Å². The lowest BCUT2D eigenvalue weighted by atomic mass is 10.2. The first kappa shape index (κ1) is 14.9. The number of thiophene rings is 1. The number of furan rings is 1. The van der Waals surface area contributed by atoms with Gasteiger partial charge >= 0.3 is 0 Å². The van der Waals surface area contributed by atoms with Gasteiger partial charge in [-0.2, -0.15) is 4.52 Å². The third kappa shape index (κ3) is 2.32. The Morgan fingerprint density at radius 3 is 3.16 bits per heavy atom. The number of hydrogen-bond donors (Lipinski definition) is 1. The van der Waals surface area contributed by atoms with Crippen molar-refractivity contribution in [3.63, 3.8) is 0 Å². The highest BCUT2D eigenvalue weighted by molar-refractivity contribution is 7.19. The number of ether oxygens (including phenoxy) is 1. The van der Waals surface area contributed by atoms with E-state index in [4.69, 9.17) is 19.1 Å². The molecule has 0 radical (unpaired) electrons. The van der Waals surface area contributed by atoms with Crippen molar-refractivity contribution < 1.29 is 9.15 Å². The maximum Gasteiger partial charge on any atom is 0.227 e. The highest BCUT2D eigenvalue weighted by Gasteiger charge is 2.24. The Balaban J connectivity index is 1.74. The van der Waals surface area contributed by atoms with Gasteiger partial charge in [-0.25, -0.2) is 9.97 Å². The zero-order valence-electron chi connectivity index (χ0n) is 13.8. The minimum Gasteiger partial charge on any atom is -0.461 e. The van der Waals surface area contributed by atoms with Crippen molar-refractivity contribution in [1.29, 1.82) is 0 Å². The summed E-state index contributed by atoms with van der Waals surface area (Å²) in [7, 11) is 1.68. The number of nitrogens with one attached hydrogen (secondary N) is 1. The molecule has 0 saturated carbocycles. The van der Waals surface area contributed by atoms with Crippen LogP contribution in [-0.4, -0.2) is 39.8 Å².